The zero-order valence-electron chi connectivity index (χ0n) is 19.6. The lowest BCUT2D eigenvalue weighted by molar-refractivity contribution is 0.262. The molecule has 5 aromatic rings. The number of halogens is 1. The number of nitrogens with one attached hydrogen (secondary N) is 2. The molecule has 3 aromatic heterocycles. The largest absolute Gasteiger partial charge is 0.383 e. The molecule has 1 aliphatic rings. The topological polar surface area (TPSA) is 111 Å². The van der Waals surface area contributed by atoms with Crippen molar-refractivity contribution in [2.75, 3.05) is 16.4 Å². The van der Waals surface area contributed by atoms with Crippen LogP contribution in [0.3, 0.4) is 0 Å². The number of thiazole rings is 1. The summed E-state index contributed by atoms with van der Waals surface area (Å²) in [5.74, 6) is -0.0493. The molecule has 4 N–H and O–H groups in total. The predicted molar refractivity (Wildman–Crippen MR) is 142 cm³/mol. The maximum absolute atomic E-state index is 14.0. The summed E-state index contributed by atoms with van der Waals surface area (Å²) in [7, 11) is 0. The van der Waals surface area contributed by atoms with Gasteiger partial charge >= 0.3 is 6.03 Å². The van der Waals surface area contributed by atoms with Gasteiger partial charge in [-0.2, -0.15) is 0 Å². The summed E-state index contributed by atoms with van der Waals surface area (Å²) in [4.78, 5) is 26.1. The van der Waals surface area contributed by atoms with Crippen LogP contribution in [-0.2, 0) is 0 Å². The number of anilines is 3. The number of rotatable bonds is 4. The number of nitrogen functional groups attached to an aromatic ring is 1. The molecule has 1 saturated carbocycles. The molecule has 1 fully saturated rings. The summed E-state index contributed by atoms with van der Waals surface area (Å²) < 4.78 is 17.1. The highest BCUT2D eigenvalue weighted by Crippen LogP contribution is 2.41. The maximum Gasteiger partial charge on any atom is 0.323 e. The van der Waals surface area contributed by atoms with Crippen LogP contribution in [0.1, 0.15) is 37.3 Å². The van der Waals surface area contributed by atoms with Crippen LogP contribution in [-0.4, -0.2) is 25.6 Å². The molecular formula is C26H24FN7OS. The molecule has 6 rings (SSSR count). The second kappa shape index (κ2) is 8.87. The first kappa shape index (κ1) is 22.4. The number of fused-ring (bicyclic) bond motifs is 2. The van der Waals surface area contributed by atoms with Crippen molar-refractivity contribution < 1.29 is 9.18 Å². The van der Waals surface area contributed by atoms with Gasteiger partial charge in [0.1, 0.15) is 28.6 Å². The molecule has 0 radical (unpaired) electrons. The van der Waals surface area contributed by atoms with Gasteiger partial charge in [0.25, 0.3) is 0 Å². The summed E-state index contributed by atoms with van der Waals surface area (Å²) in [6.07, 6.45) is 8.28. The molecule has 0 bridgehead atoms. The Hall–Kier alpha value is -4.05. The van der Waals surface area contributed by atoms with Crippen molar-refractivity contribution in [3.05, 3.63) is 60.3 Å². The number of carbonyl (C=O) groups is 1. The van der Waals surface area contributed by atoms with Crippen molar-refractivity contribution >= 4 is 55.8 Å². The summed E-state index contributed by atoms with van der Waals surface area (Å²) in [6, 6.07) is 9.94. The van der Waals surface area contributed by atoms with Gasteiger partial charge in [-0.15, -0.1) is 11.3 Å². The number of amides is 2. The van der Waals surface area contributed by atoms with E-state index < -0.39 is 11.8 Å². The SMILES string of the molecule is Cc1ccc(F)c(NC(=O)Nc2ccc3nc(-c4cn(C5CCCC5)c5ncnc(N)c45)sc3c2)c1. The van der Waals surface area contributed by atoms with Crippen LogP contribution in [0.2, 0.25) is 0 Å². The Labute approximate surface area is 210 Å². The second-order valence-electron chi connectivity index (χ2n) is 9.11. The van der Waals surface area contributed by atoms with Gasteiger partial charge < -0.3 is 20.9 Å². The highest BCUT2D eigenvalue weighted by molar-refractivity contribution is 7.21. The molecule has 0 saturated heterocycles. The van der Waals surface area contributed by atoms with E-state index in [1.165, 1.54) is 36.6 Å². The standard InChI is InChI=1S/C26H24FN7OS/c1-14-6-8-18(27)20(10-14)33-26(35)31-15-7-9-19-21(11-15)36-25(32-19)17-12-34(16-4-2-3-5-16)24-22(17)23(28)29-13-30-24/h6-13,16H,2-5H2,1H3,(H2,28,29,30)(H2,31,33,35). The lowest BCUT2D eigenvalue weighted by atomic mass is 10.2. The van der Waals surface area contributed by atoms with Gasteiger partial charge in [-0.05, 0) is 55.7 Å². The highest BCUT2D eigenvalue weighted by Gasteiger charge is 2.24. The average molecular weight is 502 g/mol. The van der Waals surface area contributed by atoms with E-state index in [1.807, 2.05) is 19.1 Å². The third-order valence-electron chi connectivity index (χ3n) is 6.60. The van der Waals surface area contributed by atoms with E-state index in [-0.39, 0.29) is 5.69 Å². The van der Waals surface area contributed by atoms with Gasteiger partial charge in [0, 0.05) is 23.5 Å². The fourth-order valence-corrected chi connectivity index (χ4v) is 5.89. The smallest absolute Gasteiger partial charge is 0.323 e. The quantitative estimate of drug-likeness (QED) is 0.260. The molecule has 3 heterocycles. The maximum atomic E-state index is 14.0. The molecule has 10 heteroatoms. The molecule has 2 aromatic carbocycles. The van der Waals surface area contributed by atoms with E-state index in [0.29, 0.717) is 17.5 Å². The average Bonchev–Trinajstić information content (AvgIpc) is 3.59. The second-order valence-corrected chi connectivity index (χ2v) is 10.1. The van der Waals surface area contributed by atoms with Crippen LogP contribution in [0, 0.1) is 12.7 Å². The Morgan fingerprint density at radius 3 is 2.81 bits per heavy atom. The molecule has 182 valence electrons. The first-order valence-corrected chi connectivity index (χ1v) is 12.6. The number of hydrogen-bond acceptors (Lipinski definition) is 6. The van der Waals surface area contributed by atoms with Crippen molar-refractivity contribution in [3.8, 4) is 10.6 Å². The Morgan fingerprint density at radius 2 is 1.97 bits per heavy atom. The van der Waals surface area contributed by atoms with Crippen molar-refractivity contribution in [2.45, 2.75) is 38.6 Å². The van der Waals surface area contributed by atoms with E-state index in [1.54, 1.807) is 18.2 Å². The molecule has 0 spiro atoms. The molecule has 0 unspecified atom stereocenters. The van der Waals surface area contributed by atoms with Crippen LogP contribution in [0.15, 0.2) is 48.9 Å². The summed E-state index contributed by atoms with van der Waals surface area (Å²) in [5.41, 5.74) is 10.4. The molecular weight excluding hydrogens is 477 g/mol. The van der Waals surface area contributed by atoms with Crippen LogP contribution in [0.25, 0.3) is 31.8 Å². The number of benzene rings is 2. The fraction of sp³-hybridized carbons (Fsp3) is 0.231. The predicted octanol–water partition coefficient (Wildman–Crippen LogP) is 6.50. The minimum Gasteiger partial charge on any atom is -0.383 e. The number of aryl methyl sites for hydroxylation is 1. The number of hydrogen-bond donors (Lipinski definition) is 3. The molecule has 8 nitrogen and oxygen atoms in total. The molecule has 0 atom stereocenters. The number of urea groups is 1. The molecule has 36 heavy (non-hydrogen) atoms. The zero-order valence-corrected chi connectivity index (χ0v) is 20.4. The van der Waals surface area contributed by atoms with Crippen molar-refractivity contribution in [3.63, 3.8) is 0 Å². The van der Waals surface area contributed by atoms with E-state index >= 15 is 0 Å². The monoisotopic (exact) mass is 501 g/mol. The van der Waals surface area contributed by atoms with Gasteiger partial charge in [0.15, 0.2) is 0 Å². The normalized spacial score (nSPS) is 14.1. The molecule has 2 amide bonds. The van der Waals surface area contributed by atoms with Crippen molar-refractivity contribution in [2.24, 2.45) is 0 Å². The van der Waals surface area contributed by atoms with Crippen LogP contribution < -0.4 is 16.4 Å². The van der Waals surface area contributed by atoms with Crippen molar-refractivity contribution in [1.82, 2.24) is 19.5 Å². The third kappa shape index (κ3) is 4.03. The van der Waals surface area contributed by atoms with Crippen LogP contribution in [0.4, 0.5) is 26.4 Å². The Bertz CT molecular complexity index is 1620. The highest BCUT2D eigenvalue weighted by atomic mass is 32.1. The van der Waals surface area contributed by atoms with E-state index in [9.17, 15) is 9.18 Å². The Morgan fingerprint density at radius 1 is 1.14 bits per heavy atom. The first-order chi connectivity index (χ1) is 17.5. The lowest BCUT2D eigenvalue weighted by Crippen LogP contribution is -2.20. The number of nitrogens with two attached hydrogens (primary N) is 1. The number of carbonyl (C=O) groups excluding carboxylic acids is 1. The van der Waals surface area contributed by atoms with Gasteiger partial charge in [-0.1, -0.05) is 18.9 Å². The third-order valence-corrected chi connectivity index (χ3v) is 7.65. The van der Waals surface area contributed by atoms with E-state index in [2.05, 4.69) is 31.4 Å². The minimum atomic E-state index is -0.520. The Balaban J connectivity index is 1.31. The molecule has 0 aliphatic heterocycles. The number of nitrogens with zero attached hydrogens (tertiary/aromatic N) is 4. The van der Waals surface area contributed by atoms with Gasteiger partial charge in [-0.3, -0.25) is 0 Å². The lowest BCUT2D eigenvalue weighted by Gasteiger charge is -2.12. The Kier molecular flexibility index (Phi) is 5.52. The number of aromatic nitrogens is 4. The van der Waals surface area contributed by atoms with Gasteiger partial charge in [0.05, 0.1) is 21.3 Å². The van der Waals surface area contributed by atoms with Crippen LogP contribution >= 0.6 is 11.3 Å². The summed E-state index contributed by atoms with van der Waals surface area (Å²) in [5, 5.41) is 6.98. The van der Waals surface area contributed by atoms with E-state index in [0.717, 1.165) is 50.2 Å². The van der Waals surface area contributed by atoms with Crippen LogP contribution in [0.5, 0.6) is 0 Å². The zero-order chi connectivity index (χ0) is 24.8. The molecule has 1 aliphatic carbocycles. The van der Waals surface area contributed by atoms with E-state index in [4.69, 9.17) is 10.7 Å². The van der Waals surface area contributed by atoms with Crippen molar-refractivity contribution in [1.29, 1.82) is 0 Å². The fourth-order valence-electron chi connectivity index (χ4n) is 4.87. The van der Waals surface area contributed by atoms with Gasteiger partial charge in [-0.25, -0.2) is 24.1 Å². The minimum absolute atomic E-state index is 0.132. The van der Waals surface area contributed by atoms with Gasteiger partial charge in [0.2, 0.25) is 0 Å². The summed E-state index contributed by atoms with van der Waals surface area (Å²) in [6.45, 7) is 1.84. The summed E-state index contributed by atoms with van der Waals surface area (Å²) >= 11 is 1.51. The first-order valence-electron chi connectivity index (χ1n) is 11.8.